The summed E-state index contributed by atoms with van der Waals surface area (Å²) in [6.45, 7) is 0.208. The van der Waals surface area contributed by atoms with Crippen molar-refractivity contribution in [3.8, 4) is 11.1 Å². The highest BCUT2D eigenvalue weighted by atomic mass is 32.2. The van der Waals surface area contributed by atoms with Crippen LogP contribution in [0.1, 0.15) is 49.1 Å². The molecule has 0 spiro atoms. The molecule has 0 unspecified atom stereocenters. The minimum Gasteiger partial charge on any atom is -0.480 e. The summed E-state index contributed by atoms with van der Waals surface area (Å²) in [4.78, 5) is 37.3. The van der Waals surface area contributed by atoms with Crippen LogP contribution in [0.2, 0.25) is 0 Å². The smallest absolute Gasteiger partial charge is 0.407 e. The van der Waals surface area contributed by atoms with Crippen LogP contribution in [-0.4, -0.2) is 53.8 Å². The Kier molecular flexibility index (Phi) is 8.33. The van der Waals surface area contributed by atoms with Crippen LogP contribution >= 0.6 is 11.8 Å². The van der Waals surface area contributed by atoms with Crippen molar-refractivity contribution in [3.05, 3.63) is 59.7 Å². The average Bonchev–Trinajstić information content (AvgIpc) is 3.19. The van der Waals surface area contributed by atoms with E-state index in [2.05, 4.69) is 34.9 Å². The number of benzene rings is 2. The second-order valence-corrected chi connectivity index (χ2v) is 10.1. The Morgan fingerprint density at radius 3 is 2.29 bits per heavy atom. The van der Waals surface area contributed by atoms with Gasteiger partial charge in [-0.3, -0.25) is 4.79 Å². The van der Waals surface area contributed by atoms with Crippen LogP contribution in [0.25, 0.3) is 11.1 Å². The van der Waals surface area contributed by atoms with E-state index >= 15 is 0 Å². The van der Waals surface area contributed by atoms with Crippen LogP contribution < -0.4 is 10.6 Å². The molecule has 35 heavy (non-hydrogen) atoms. The van der Waals surface area contributed by atoms with E-state index in [-0.39, 0.29) is 24.5 Å². The van der Waals surface area contributed by atoms with Gasteiger partial charge < -0.3 is 20.5 Å². The van der Waals surface area contributed by atoms with Crippen LogP contribution in [0.15, 0.2) is 48.5 Å². The quantitative estimate of drug-likeness (QED) is 0.475. The summed E-state index contributed by atoms with van der Waals surface area (Å²) in [5.41, 5.74) is 4.61. The standard InChI is InChI=1S/C27H32N2O5S/c1-35-15-14-24(26(31)32)28-25(30)21-12-6-7-13-23(21)29-27(33)34-16-22-19-10-4-2-8-17(19)18-9-3-5-11-20(18)22/h2-5,8-11,21-24H,6-7,12-16H2,1H3,(H,28,30)(H,29,33)(H,31,32)/t21-,23+,24-/m1/s1. The van der Waals surface area contributed by atoms with Crippen molar-refractivity contribution in [2.24, 2.45) is 5.92 Å². The fraction of sp³-hybridized carbons (Fsp3) is 0.444. The number of thioether (sulfide) groups is 1. The number of hydrogen-bond acceptors (Lipinski definition) is 5. The van der Waals surface area contributed by atoms with Gasteiger partial charge in [0.15, 0.2) is 0 Å². The maximum atomic E-state index is 12.9. The first kappa shape index (κ1) is 25.1. The summed E-state index contributed by atoms with van der Waals surface area (Å²) in [5.74, 6) is -1.22. The minimum absolute atomic E-state index is 0.0358. The largest absolute Gasteiger partial charge is 0.480 e. The van der Waals surface area contributed by atoms with E-state index < -0.39 is 24.0 Å². The number of ether oxygens (including phenoxy) is 1. The lowest BCUT2D eigenvalue weighted by molar-refractivity contribution is -0.142. The van der Waals surface area contributed by atoms with E-state index in [1.807, 2.05) is 30.5 Å². The molecule has 0 heterocycles. The Labute approximate surface area is 210 Å². The van der Waals surface area contributed by atoms with Crippen molar-refractivity contribution in [2.45, 2.75) is 50.1 Å². The van der Waals surface area contributed by atoms with Gasteiger partial charge in [-0.25, -0.2) is 9.59 Å². The molecule has 186 valence electrons. The molecular weight excluding hydrogens is 464 g/mol. The molecule has 8 heteroatoms. The average molecular weight is 497 g/mol. The predicted octanol–water partition coefficient (Wildman–Crippen LogP) is 4.41. The Bertz CT molecular complexity index is 1030. The summed E-state index contributed by atoms with van der Waals surface area (Å²) in [7, 11) is 0. The summed E-state index contributed by atoms with van der Waals surface area (Å²) in [6.07, 6.45) is 4.74. The van der Waals surface area contributed by atoms with Gasteiger partial charge in [0, 0.05) is 12.0 Å². The maximum Gasteiger partial charge on any atom is 0.407 e. The molecule has 2 aromatic carbocycles. The molecular formula is C27H32N2O5S. The third-order valence-corrected chi connectivity index (χ3v) is 7.62. The summed E-state index contributed by atoms with van der Waals surface area (Å²) in [5, 5.41) is 15.0. The third-order valence-electron chi connectivity index (χ3n) is 6.97. The van der Waals surface area contributed by atoms with Crippen molar-refractivity contribution in [3.63, 3.8) is 0 Å². The van der Waals surface area contributed by atoms with Gasteiger partial charge in [-0.15, -0.1) is 0 Å². The lowest BCUT2D eigenvalue weighted by Gasteiger charge is -2.31. The number of aliphatic carboxylic acids is 1. The van der Waals surface area contributed by atoms with Gasteiger partial charge in [-0.2, -0.15) is 11.8 Å². The molecule has 0 radical (unpaired) electrons. The zero-order valence-corrected chi connectivity index (χ0v) is 20.7. The number of amides is 2. The van der Waals surface area contributed by atoms with Crippen LogP contribution in [0.3, 0.4) is 0 Å². The summed E-state index contributed by atoms with van der Waals surface area (Å²) < 4.78 is 5.66. The van der Waals surface area contributed by atoms with Crippen molar-refractivity contribution < 1.29 is 24.2 Å². The lowest BCUT2D eigenvalue weighted by atomic mass is 9.83. The van der Waals surface area contributed by atoms with E-state index in [4.69, 9.17) is 4.74 Å². The Morgan fingerprint density at radius 2 is 1.66 bits per heavy atom. The molecule has 0 saturated heterocycles. The van der Waals surface area contributed by atoms with Crippen molar-refractivity contribution in [2.75, 3.05) is 18.6 Å². The van der Waals surface area contributed by atoms with Crippen LogP contribution in [0.4, 0.5) is 4.79 Å². The molecule has 7 nitrogen and oxygen atoms in total. The fourth-order valence-electron chi connectivity index (χ4n) is 5.18. The monoisotopic (exact) mass is 496 g/mol. The van der Waals surface area contributed by atoms with Crippen LogP contribution in [-0.2, 0) is 14.3 Å². The van der Waals surface area contributed by atoms with E-state index in [1.165, 1.54) is 11.8 Å². The number of carboxylic acids is 1. The highest BCUT2D eigenvalue weighted by Crippen LogP contribution is 2.44. The number of hydrogen-bond donors (Lipinski definition) is 3. The topological polar surface area (TPSA) is 105 Å². The van der Waals surface area contributed by atoms with Gasteiger partial charge in [-0.05, 0) is 53.5 Å². The molecule has 4 rings (SSSR count). The van der Waals surface area contributed by atoms with Crippen molar-refractivity contribution in [1.29, 1.82) is 0 Å². The third kappa shape index (κ3) is 5.81. The molecule has 3 N–H and O–H groups in total. The summed E-state index contributed by atoms with van der Waals surface area (Å²) >= 11 is 1.54. The van der Waals surface area contributed by atoms with Gasteiger partial charge in [0.2, 0.25) is 5.91 Å². The van der Waals surface area contributed by atoms with Gasteiger partial charge in [0.1, 0.15) is 12.6 Å². The fourth-order valence-corrected chi connectivity index (χ4v) is 5.65. The molecule has 3 atom stereocenters. The molecule has 2 aliphatic carbocycles. The Balaban J connectivity index is 1.37. The van der Waals surface area contributed by atoms with Gasteiger partial charge in [-0.1, -0.05) is 61.4 Å². The highest BCUT2D eigenvalue weighted by molar-refractivity contribution is 7.98. The second-order valence-electron chi connectivity index (χ2n) is 9.15. The second kappa shape index (κ2) is 11.6. The molecule has 2 aromatic rings. The number of carbonyl (C=O) groups excluding carboxylic acids is 2. The molecule has 0 bridgehead atoms. The lowest BCUT2D eigenvalue weighted by Crippen LogP contribution is -2.52. The summed E-state index contributed by atoms with van der Waals surface area (Å²) in [6, 6.07) is 15.0. The normalized spacial score (nSPS) is 19.8. The zero-order valence-electron chi connectivity index (χ0n) is 19.9. The van der Waals surface area contributed by atoms with Crippen LogP contribution in [0, 0.1) is 5.92 Å². The van der Waals surface area contributed by atoms with Gasteiger partial charge >= 0.3 is 12.1 Å². The van der Waals surface area contributed by atoms with E-state index in [9.17, 15) is 19.5 Å². The molecule has 1 fully saturated rings. The maximum absolute atomic E-state index is 12.9. The highest BCUT2D eigenvalue weighted by Gasteiger charge is 2.35. The van der Waals surface area contributed by atoms with Gasteiger partial charge in [0.05, 0.1) is 5.92 Å². The molecule has 1 saturated carbocycles. The molecule has 0 aliphatic heterocycles. The number of rotatable bonds is 9. The zero-order chi connectivity index (χ0) is 24.8. The first-order valence-corrected chi connectivity index (χ1v) is 13.5. The Morgan fingerprint density at radius 1 is 1.03 bits per heavy atom. The Hall–Kier alpha value is -3.00. The molecule has 0 aromatic heterocycles. The number of carbonyl (C=O) groups is 3. The number of alkyl carbamates (subject to hydrolysis) is 1. The first-order valence-electron chi connectivity index (χ1n) is 12.1. The number of fused-ring (bicyclic) bond motifs is 3. The predicted molar refractivity (Wildman–Crippen MR) is 137 cm³/mol. The SMILES string of the molecule is CSCC[C@@H](NC(=O)[C@@H]1CCCC[C@@H]1NC(=O)OCC1c2ccccc2-c2ccccc21)C(=O)O. The van der Waals surface area contributed by atoms with E-state index in [0.29, 0.717) is 25.0 Å². The molecule has 2 aliphatic rings. The number of carboxylic acid groups (broad SMARTS) is 1. The van der Waals surface area contributed by atoms with Crippen molar-refractivity contribution >= 4 is 29.7 Å². The number of nitrogens with one attached hydrogen (secondary N) is 2. The van der Waals surface area contributed by atoms with Gasteiger partial charge in [0.25, 0.3) is 0 Å². The van der Waals surface area contributed by atoms with Crippen molar-refractivity contribution in [1.82, 2.24) is 10.6 Å². The minimum atomic E-state index is -1.04. The molecule has 2 amide bonds. The van der Waals surface area contributed by atoms with Crippen LogP contribution in [0.5, 0.6) is 0 Å². The van der Waals surface area contributed by atoms with E-state index in [0.717, 1.165) is 35.1 Å². The van der Waals surface area contributed by atoms with E-state index in [1.54, 1.807) is 0 Å². The first-order chi connectivity index (χ1) is 17.0.